The molecule has 0 fully saturated rings. The number of fused-ring (bicyclic) bond motifs is 1. The zero-order valence-electron chi connectivity index (χ0n) is 10.4. The lowest BCUT2D eigenvalue weighted by Gasteiger charge is -2.11. The van der Waals surface area contributed by atoms with Crippen LogP contribution < -0.4 is 5.32 Å². The topological polar surface area (TPSA) is 46.2 Å². The van der Waals surface area contributed by atoms with E-state index in [1.807, 2.05) is 12.1 Å². The summed E-state index contributed by atoms with van der Waals surface area (Å²) in [5.41, 5.74) is 2.66. The van der Waals surface area contributed by atoms with Crippen molar-refractivity contribution in [3.05, 3.63) is 34.3 Å². The maximum atomic E-state index is 11.0. The Balaban J connectivity index is 1.78. The molecule has 0 amide bonds. The molecule has 1 N–H and O–H groups in total. The first-order valence-electron chi connectivity index (χ1n) is 6.12. The molecule has 100 valence electrons. The highest BCUT2D eigenvalue weighted by Crippen LogP contribution is 2.25. The van der Waals surface area contributed by atoms with Gasteiger partial charge in [-0.05, 0) is 49.1 Å². The second-order valence-electron chi connectivity index (χ2n) is 4.96. The van der Waals surface area contributed by atoms with Crippen molar-refractivity contribution in [3.63, 3.8) is 0 Å². The van der Waals surface area contributed by atoms with Crippen molar-refractivity contribution in [1.82, 2.24) is 5.32 Å². The van der Waals surface area contributed by atoms with E-state index in [-0.39, 0.29) is 5.75 Å². The van der Waals surface area contributed by atoms with E-state index in [9.17, 15) is 8.42 Å². The molecule has 1 aliphatic rings. The largest absolute Gasteiger partial charge is 0.313 e. The van der Waals surface area contributed by atoms with Crippen LogP contribution in [-0.2, 0) is 22.7 Å². The molecule has 2 rings (SSSR count). The van der Waals surface area contributed by atoms with Crippen molar-refractivity contribution >= 4 is 21.4 Å². The maximum Gasteiger partial charge on any atom is 0.147 e. The third-order valence-electron chi connectivity index (χ3n) is 3.23. The third kappa shape index (κ3) is 3.97. The summed E-state index contributed by atoms with van der Waals surface area (Å²) in [6.07, 6.45) is 3.94. The van der Waals surface area contributed by atoms with Gasteiger partial charge < -0.3 is 5.32 Å². The monoisotopic (exact) mass is 287 g/mol. The number of rotatable bonds is 5. The van der Waals surface area contributed by atoms with Gasteiger partial charge in [0, 0.05) is 17.3 Å². The van der Waals surface area contributed by atoms with Gasteiger partial charge in [-0.2, -0.15) is 0 Å². The highest BCUT2D eigenvalue weighted by Gasteiger charge is 2.20. The predicted octanol–water partition coefficient (Wildman–Crippen LogP) is 1.83. The van der Waals surface area contributed by atoms with Gasteiger partial charge in [-0.3, -0.25) is 0 Å². The van der Waals surface area contributed by atoms with E-state index in [1.54, 1.807) is 0 Å². The molecule has 1 aliphatic carbocycles. The molecule has 0 bridgehead atoms. The zero-order chi connectivity index (χ0) is 13.2. The summed E-state index contributed by atoms with van der Waals surface area (Å²) in [5, 5.41) is 4.20. The Labute approximate surface area is 113 Å². The first-order valence-corrected chi connectivity index (χ1v) is 8.56. The lowest BCUT2D eigenvalue weighted by molar-refractivity contribution is 0.529. The zero-order valence-corrected chi connectivity index (χ0v) is 12.0. The number of halogens is 1. The van der Waals surface area contributed by atoms with Gasteiger partial charge >= 0.3 is 0 Å². The minimum absolute atomic E-state index is 0.255. The molecule has 1 atom stereocenters. The quantitative estimate of drug-likeness (QED) is 0.841. The van der Waals surface area contributed by atoms with Crippen LogP contribution in [0.25, 0.3) is 0 Å². The summed E-state index contributed by atoms with van der Waals surface area (Å²) in [7, 11) is -2.84. The molecule has 18 heavy (non-hydrogen) atoms. The predicted molar refractivity (Wildman–Crippen MR) is 75.0 cm³/mol. The van der Waals surface area contributed by atoms with Gasteiger partial charge in [-0.15, -0.1) is 0 Å². The van der Waals surface area contributed by atoms with E-state index < -0.39 is 9.84 Å². The Morgan fingerprint density at radius 3 is 2.78 bits per heavy atom. The van der Waals surface area contributed by atoms with Crippen LogP contribution in [0.4, 0.5) is 0 Å². The summed E-state index contributed by atoms with van der Waals surface area (Å²) in [5.74, 6) is 0.255. The van der Waals surface area contributed by atoms with Crippen LogP contribution in [0.15, 0.2) is 18.2 Å². The SMILES string of the molecule is CS(=O)(=O)CCCNC1Cc2ccc(Cl)cc2C1. The van der Waals surface area contributed by atoms with E-state index >= 15 is 0 Å². The number of benzene rings is 1. The fourth-order valence-electron chi connectivity index (χ4n) is 2.37. The molecule has 1 aromatic carbocycles. The van der Waals surface area contributed by atoms with Gasteiger partial charge in [0.25, 0.3) is 0 Å². The van der Waals surface area contributed by atoms with Crippen molar-refractivity contribution in [2.24, 2.45) is 0 Å². The molecule has 0 radical (unpaired) electrons. The Morgan fingerprint density at radius 1 is 1.33 bits per heavy atom. The summed E-state index contributed by atoms with van der Waals surface area (Å²) >= 11 is 5.96. The third-order valence-corrected chi connectivity index (χ3v) is 4.49. The molecule has 3 nitrogen and oxygen atoms in total. The number of sulfone groups is 1. The highest BCUT2D eigenvalue weighted by atomic mass is 35.5. The second-order valence-corrected chi connectivity index (χ2v) is 7.65. The van der Waals surface area contributed by atoms with E-state index in [4.69, 9.17) is 11.6 Å². The minimum atomic E-state index is -2.84. The van der Waals surface area contributed by atoms with Crippen molar-refractivity contribution in [2.45, 2.75) is 25.3 Å². The average molecular weight is 288 g/mol. The van der Waals surface area contributed by atoms with Gasteiger partial charge in [0.05, 0.1) is 5.75 Å². The van der Waals surface area contributed by atoms with E-state index in [2.05, 4.69) is 11.4 Å². The number of hydrogen-bond donors (Lipinski definition) is 1. The Bertz CT molecular complexity index is 528. The minimum Gasteiger partial charge on any atom is -0.313 e. The van der Waals surface area contributed by atoms with Gasteiger partial charge in [0.2, 0.25) is 0 Å². The van der Waals surface area contributed by atoms with Crippen LogP contribution in [-0.4, -0.2) is 33.0 Å². The number of hydrogen-bond acceptors (Lipinski definition) is 3. The standard InChI is InChI=1S/C13H18ClNO2S/c1-18(16,17)6-2-5-15-13-8-10-3-4-12(14)7-11(10)9-13/h3-4,7,13,15H,2,5-6,8-9H2,1H3. The Hall–Kier alpha value is -0.580. The van der Waals surface area contributed by atoms with Crippen LogP contribution in [0.3, 0.4) is 0 Å². The summed E-state index contributed by atoms with van der Waals surface area (Å²) < 4.78 is 22.0. The van der Waals surface area contributed by atoms with Gasteiger partial charge in [0.1, 0.15) is 9.84 Å². The first kappa shape index (κ1) is 13.8. The lowest BCUT2D eigenvalue weighted by atomic mass is 10.1. The molecular weight excluding hydrogens is 270 g/mol. The second kappa shape index (κ2) is 5.59. The van der Waals surface area contributed by atoms with Crippen LogP contribution >= 0.6 is 11.6 Å². The molecule has 1 aromatic rings. The Morgan fingerprint density at radius 2 is 2.06 bits per heavy atom. The summed E-state index contributed by atoms with van der Waals surface area (Å²) in [6.45, 7) is 0.749. The van der Waals surface area contributed by atoms with Crippen molar-refractivity contribution in [2.75, 3.05) is 18.6 Å². The Kier molecular flexibility index (Phi) is 4.30. The molecule has 0 heterocycles. The fraction of sp³-hybridized carbons (Fsp3) is 0.538. The molecular formula is C13H18ClNO2S. The first-order chi connectivity index (χ1) is 8.44. The molecule has 0 saturated heterocycles. The molecule has 0 aromatic heterocycles. The highest BCUT2D eigenvalue weighted by molar-refractivity contribution is 7.90. The van der Waals surface area contributed by atoms with Gasteiger partial charge in [-0.1, -0.05) is 17.7 Å². The van der Waals surface area contributed by atoms with Crippen LogP contribution in [0.5, 0.6) is 0 Å². The lowest BCUT2D eigenvalue weighted by Crippen LogP contribution is -2.31. The van der Waals surface area contributed by atoms with Crippen LogP contribution in [0.1, 0.15) is 17.5 Å². The van der Waals surface area contributed by atoms with Crippen LogP contribution in [0.2, 0.25) is 5.02 Å². The fourth-order valence-corrected chi connectivity index (χ4v) is 3.24. The van der Waals surface area contributed by atoms with Gasteiger partial charge in [-0.25, -0.2) is 8.42 Å². The van der Waals surface area contributed by atoms with E-state index in [0.29, 0.717) is 12.5 Å². The maximum absolute atomic E-state index is 11.0. The van der Waals surface area contributed by atoms with Crippen molar-refractivity contribution in [3.8, 4) is 0 Å². The van der Waals surface area contributed by atoms with E-state index in [1.165, 1.54) is 17.4 Å². The summed E-state index contributed by atoms with van der Waals surface area (Å²) in [4.78, 5) is 0. The van der Waals surface area contributed by atoms with Crippen molar-refractivity contribution in [1.29, 1.82) is 0 Å². The molecule has 0 aliphatic heterocycles. The smallest absolute Gasteiger partial charge is 0.147 e. The molecule has 1 unspecified atom stereocenters. The normalized spacial score (nSPS) is 18.9. The molecule has 0 spiro atoms. The van der Waals surface area contributed by atoms with Crippen LogP contribution in [0, 0.1) is 0 Å². The average Bonchev–Trinajstić information content (AvgIpc) is 2.65. The molecule has 5 heteroatoms. The number of nitrogens with one attached hydrogen (secondary N) is 1. The van der Waals surface area contributed by atoms with Crippen molar-refractivity contribution < 1.29 is 8.42 Å². The molecule has 0 saturated carbocycles. The van der Waals surface area contributed by atoms with Gasteiger partial charge in [0.15, 0.2) is 0 Å². The summed E-state index contributed by atoms with van der Waals surface area (Å²) in [6, 6.07) is 6.44. The van der Waals surface area contributed by atoms with E-state index in [0.717, 1.165) is 24.4 Å².